The van der Waals surface area contributed by atoms with E-state index in [-0.39, 0.29) is 22.0 Å². The summed E-state index contributed by atoms with van der Waals surface area (Å²) in [7, 11) is 0. The molecule has 0 bridgehead atoms. The monoisotopic (exact) mass is 383 g/mol. The molecule has 0 atom stereocenters. The third kappa shape index (κ3) is 4.36. The number of thiocarbonyl (C=S) groups is 1. The average molecular weight is 383 g/mol. The van der Waals surface area contributed by atoms with Crippen LogP contribution >= 0.6 is 12.2 Å². The number of hydrogen-bond acceptors (Lipinski definition) is 4. The summed E-state index contributed by atoms with van der Waals surface area (Å²) in [6.07, 6.45) is 0. The van der Waals surface area contributed by atoms with E-state index in [0.29, 0.717) is 0 Å². The molecular formula is C19H14FN3O3S. The number of carbonyl (C=O) groups excluding carboxylic acids is 2. The van der Waals surface area contributed by atoms with E-state index >= 15 is 0 Å². The molecule has 2 amide bonds. The second-order valence-corrected chi connectivity index (χ2v) is 5.99. The summed E-state index contributed by atoms with van der Waals surface area (Å²) in [6.45, 7) is 0. The van der Waals surface area contributed by atoms with Crippen LogP contribution in [-0.4, -0.2) is 22.0 Å². The highest BCUT2D eigenvalue weighted by atomic mass is 32.1. The fraction of sp³-hybridized carbons (Fsp3) is 0. The molecule has 6 nitrogen and oxygen atoms in total. The number of fused-ring (bicyclic) bond motifs is 1. The van der Waals surface area contributed by atoms with Crippen molar-refractivity contribution in [3.05, 3.63) is 77.6 Å². The number of phenols is 1. The number of nitrogens with one attached hydrogen (secondary N) is 3. The van der Waals surface area contributed by atoms with Crippen LogP contribution in [-0.2, 0) is 0 Å². The molecule has 0 unspecified atom stereocenters. The number of hydrazine groups is 1. The number of hydrogen-bond donors (Lipinski definition) is 4. The molecule has 0 saturated heterocycles. The van der Waals surface area contributed by atoms with E-state index in [2.05, 4.69) is 16.2 Å². The first-order valence-corrected chi connectivity index (χ1v) is 8.24. The fourth-order valence-electron chi connectivity index (χ4n) is 2.40. The molecule has 0 spiro atoms. The van der Waals surface area contributed by atoms with Crippen molar-refractivity contribution >= 4 is 39.9 Å². The summed E-state index contributed by atoms with van der Waals surface area (Å²) in [6, 6.07) is 15.2. The number of rotatable bonds is 2. The van der Waals surface area contributed by atoms with Gasteiger partial charge in [-0.1, -0.05) is 24.3 Å². The van der Waals surface area contributed by atoms with Crippen molar-refractivity contribution in [3.63, 3.8) is 0 Å². The van der Waals surface area contributed by atoms with Gasteiger partial charge < -0.3 is 5.11 Å². The summed E-state index contributed by atoms with van der Waals surface area (Å²) in [5, 5.41) is 13.8. The zero-order valence-corrected chi connectivity index (χ0v) is 14.6. The quantitative estimate of drug-likeness (QED) is 0.404. The van der Waals surface area contributed by atoms with Gasteiger partial charge in [0.15, 0.2) is 5.11 Å². The molecule has 0 fully saturated rings. The van der Waals surface area contributed by atoms with Gasteiger partial charge in [-0.15, -0.1) is 0 Å². The van der Waals surface area contributed by atoms with Crippen LogP contribution in [0.1, 0.15) is 20.7 Å². The molecule has 27 heavy (non-hydrogen) atoms. The van der Waals surface area contributed by atoms with Gasteiger partial charge in [0.2, 0.25) is 0 Å². The van der Waals surface area contributed by atoms with Crippen LogP contribution in [0.25, 0.3) is 10.8 Å². The lowest BCUT2D eigenvalue weighted by molar-refractivity contribution is 0.0932. The molecule has 0 radical (unpaired) electrons. The first-order chi connectivity index (χ1) is 12.9. The van der Waals surface area contributed by atoms with Gasteiger partial charge >= 0.3 is 0 Å². The van der Waals surface area contributed by atoms with Crippen LogP contribution in [0.4, 0.5) is 4.39 Å². The van der Waals surface area contributed by atoms with Crippen molar-refractivity contribution in [2.75, 3.05) is 0 Å². The molecule has 0 aliphatic rings. The normalized spacial score (nSPS) is 10.3. The summed E-state index contributed by atoms with van der Waals surface area (Å²) in [5.41, 5.74) is 4.95. The SMILES string of the molecule is O=C(NC(=S)NNC(=O)c1cc2ccccc2cc1O)c1ccc(F)cc1. The predicted molar refractivity (Wildman–Crippen MR) is 103 cm³/mol. The van der Waals surface area contributed by atoms with Gasteiger partial charge in [0.1, 0.15) is 11.6 Å². The standard InChI is InChI=1S/C19H14FN3O3S/c20-14-7-5-11(6-8-14)17(25)21-19(27)23-22-18(26)15-9-12-3-1-2-4-13(12)10-16(15)24/h1-10,24H,(H,22,26)(H2,21,23,25,27). The molecule has 0 aliphatic carbocycles. The molecular weight excluding hydrogens is 369 g/mol. The van der Waals surface area contributed by atoms with Crippen LogP contribution in [0.5, 0.6) is 5.75 Å². The molecule has 136 valence electrons. The van der Waals surface area contributed by atoms with Crippen molar-refractivity contribution in [1.82, 2.24) is 16.2 Å². The topological polar surface area (TPSA) is 90.5 Å². The molecule has 0 aliphatic heterocycles. The summed E-state index contributed by atoms with van der Waals surface area (Å²) < 4.78 is 12.9. The van der Waals surface area contributed by atoms with E-state index in [0.717, 1.165) is 22.9 Å². The van der Waals surface area contributed by atoms with E-state index in [9.17, 15) is 19.1 Å². The Morgan fingerprint density at radius 1 is 0.889 bits per heavy atom. The number of benzene rings is 3. The third-order valence-corrected chi connectivity index (χ3v) is 3.94. The van der Waals surface area contributed by atoms with E-state index in [1.807, 2.05) is 24.3 Å². The maximum atomic E-state index is 12.9. The van der Waals surface area contributed by atoms with Crippen molar-refractivity contribution in [3.8, 4) is 5.75 Å². The zero-order valence-electron chi connectivity index (χ0n) is 13.8. The maximum absolute atomic E-state index is 12.9. The summed E-state index contributed by atoms with van der Waals surface area (Å²) in [5.74, 6) is -1.84. The Bertz CT molecular complexity index is 1040. The second-order valence-electron chi connectivity index (χ2n) is 5.59. The van der Waals surface area contributed by atoms with E-state index in [1.165, 1.54) is 18.2 Å². The molecule has 0 heterocycles. The Kier molecular flexibility index (Phi) is 5.28. The molecule has 4 N–H and O–H groups in total. The first-order valence-electron chi connectivity index (χ1n) is 7.83. The van der Waals surface area contributed by atoms with Gasteiger partial charge in [0, 0.05) is 5.56 Å². The molecule has 0 saturated carbocycles. The van der Waals surface area contributed by atoms with Gasteiger partial charge in [-0.25, -0.2) is 4.39 Å². The summed E-state index contributed by atoms with van der Waals surface area (Å²) in [4.78, 5) is 24.2. The van der Waals surface area contributed by atoms with Crippen LogP contribution in [0.2, 0.25) is 0 Å². The van der Waals surface area contributed by atoms with E-state index in [4.69, 9.17) is 12.2 Å². The van der Waals surface area contributed by atoms with E-state index in [1.54, 1.807) is 6.07 Å². The van der Waals surface area contributed by atoms with Crippen LogP contribution in [0.15, 0.2) is 60.7 Å². The van der Waals surface area contributed by atoms with Crippen LogP contribution < -0.4 is 16.2 Å². The third-order valence-electron chi connectivity index (χ3n) is 3.73. The number of amides is 2. The number of phenolic OH excluding ortho intramolecular Hbond substituents is 1. The smallest absolute Gasteiger partial charge is 0.273 e. The molecule has 8 heteroatoms. The predicted octanol–water partition coefficient (Wildman–Crippen LogP) is 2.63. The Labute approximate surface area is 159 Å². The van der Waals surface area contributed by atoms with Crippen molar-refractivity contribution < 1.29 is 19.1 Å². The molecule has 0 aromatic heterocycles. The first kappa shape index (κ1) is 18.3. The Hall–Kier alpha value is -3.52. The van der Waals surface area contributed by atoms with Crippen molar-refractivity contribution in [1.29, 1.82) is 0 Å². The maximum Gasteiger partial charge on any atom is 0.273 e. The van der Waals surface area contributed by atoms with Crippen molar-refractivity contribution in [2.45, 2.75) is 0 Å². The molecule has 3 aromatic carbocycles. The van der Waals surface area contributed by atoms with Crippen LogP contribution in [0.3, 0.4) is 0 Å². The fourth-order valence-corrected chi connectivity index (χ4v) is 2.54. The van der Waals surface area contributed by atoms with E-state index < -0.39 is 17.6 Å². The molecule has 3 rings (SSSR count). The summed E-state index contributed by atoms with van der Waals surface area (Å²) >= 11 is 4.94. The van der Waals surface area contributed by atoms with Gasteiger partial charge in [0.25, 0.3) is 11.8 Å². The lowest BCUT2D eigenvalue weighted by Crippen LogP contribution is -2.48. The second kappa shape index (κ2) is 7.79. The zero-order chi connectivity index (χ0) is 19.4. The number of halogens is 1. The lowest BCUT2D eigenvalue weighted by atomic mass is 10.1. The van der Waals surface area contributed by atoms with Gasteiger partial charge in [0.05, 0.1) is 5.56 Å². The average Bonchev–Trinajstić information content (AvgIpc) is 2.66. The Morgan fingerprint density at radius 3 is 2.19 bits per heavy atom. The Morgan fingerprint density at radius 2 is 1.52 bits per heavy atom. The minimum Gasteiger partial charge on any atom is -0.507 e. The molecule has 3 aromatic rings. The van der Waals surface area contributed by atoms with Crippen LogP contribution in [0, 0.1) is 5.82 Å². The van der Waals surface area contributed by atoms with Gasteiger partial charge in [-0.3, -0.25) is 25.8 Å². The highest BCUT2D eigenvalue weighted by Gasteiger charge is 2.13. The Balaban J connectivity index is 1.61. The largest absolute Gasteiger partial charge is 0.507 e. The van der Waals surface area contributed by atoms with Gasteiger partial charge in [-0.2, -0.15) is 0 Å². The van der Waals surface area contributed by atoms with Gasteiger partial charge in [-0.05, 0) is 59.4 Å². The lowest BCUT2D eigenvalue weighted by Gasteiger charge is -2.12. The highest BCUT2D eigenvalue weighted by molar-refractivity contribution is 7.80. The van der Waals surface area contributed by atoms with Crippen molar-refractivity contribution in [2.24, 2.45) is 0 Å². The number of carbonyl (C=O) groups is 2. The highest BCUT2D eigenvalue weighted by Crippen LogP contribution is 2.24. The number of aromatic hydroxyl groups is 1. The minimum atomic E-state index is -0.628. The minimum absolute atomic E-state index is 0.0499.